The molecule has 28 heavy (non-hydrogen) atoms. The summed E-state index contributed by atoms with van der Waals surface area (Å²) in [6.45, 7) is 6.62. The number of nitrogens with zero attached hydrogens (tertiary/aromatic N) is 2. The lowest BCUT2D eigenvalue weighted by molar-refractivity contribution is -0.146. The van der Waals surface area contributed by atoms with Crippen molar-refractivity contribution in [3.63, 3.8) is 0 Å². The molecule has 0 fully saturated rings. The van der Waals surface area contributed by atoms with Crippen molar-refractivity contribution in [2.24, 2.45) is 11.8 Å². The van der Waals surface area contributed by atoms with Gasteiger partial charge in [-0.2, -0.15) is 0 Å². The molecule has 1 aromatic carbocycles. The van der Waals surface area contributed by atoms with Gasteiger partial charge in [-0.05, 0) is 24.5 Å². The monoisotopic (exact) mass is 388 g/mol. The van der Waals surface area contributed by atoms with Gasteiger partial charge in [-0.25, -0.2) is 0 Å². The van der Waals surface area contributed by atoms with Gasteiger partial charge in [0.2, 0.25) is 5.91 Å². The maximum Gasteiger partial charge on any atom is 0.310 e. The van der Waals surface area contributed by atoms with E-state index in [1.54, 1.807) is 36.1 Å². The fourth-order valence-corrected chi connectivity index (χ4v) is 3.15. The third kappa shape index (κ3) is 4.97. The molecule has 0 aliphatic carbocycles. The Bertz CT molecular complexity index is 724. The van der Waals surface area contributed by atoms with Crippen LogP contribution in [0.5, 0.6) is 0 Å². The van der Waals surface area contributed by atoms with E-state index >= 15 is 0 Å². The maximum absolute atomic E-state index is 12.8. The fourth-order valence-electron chi connectivity index (χ4n) is 3.15. The normalized spacial score (nSPS) is 14.2. The molecule has 1 unspecified atom stereocenters. The predicted molar refractivity (Wildman–Crippen MR) is 104 cm³/mol. The molecule has 1 heterocycles. The highest BCUT2D eigenvalue weighted by Crippen LogP contribution is 2.22. The fraction of sp³-hybridized carbons (Fsp3) is 0.524. The molecule has 0 saturated heterocycles. The number of amides is 3. The van der Waals surface area contributed by atoms with Crippen LogP contribution in [0.1, 0.15) is 54.3 Å². The van der Waals surface area contributed by atoms with Gasteiger partial charge >= 0.3 is 5.97 Å². The first-order valence-corrected chi connectivity index (χ1v) is 9.57. The summed E-state index contributed by atoms with van der Waals surface area (Å²) in [6, 6.07) is 6.65. The van der Waals surface area contributed by atoms with E-state index in [0.29, 0.717) is 23.6 Å². The van der Waals surface area contributed by atoms with Crippen molar-refractivity contribution in [2.45, 2.75) is 33.6 Å². The number of carbonyl (C=O) groups excluding carboxylic acids is 4. The van der Waals surface area contributed by atoms with E-state index in [-0.39, 0.29) is 43.2 Å². The first kappa shape index (κ1) is 21.6. The average Bonchev–Trinajstić information content (AvgIpc) is 2.92. The number of benzene rings is 1. The van der Waals surface area contributed by atoms with Crippen LogP contribution >= 0.6 is 0 Å². The molecule has 1 aliphatic rings. The van der Waals surface area contributed by atoms with Crippen molar-refractivity contribution in [1.29, 1.82) is 0 Å². The Morgan fingerprint density at radius 1 is 1.07 bits per heavy atom. The smallest absolute Gasteiger partial charge is 0.310 e. The minimum Gasteiger partial charge on any atom is -0.469 e. The molecule has 152 valence electrons. The molecule has 0 bridgehead atoms. The summed E-state index contributed by atoms with van der Waals surface area (Å²) in [5.41, 5.74) is 0.742. The average molecular weight is 388 g/mol. The van der Waals surface area contributed by atoms with E-state index in [9.17, 15) is 19.2 Å². The third-order valence-electron chi connectivity index (χ3n) is 4.85. The summed E-state index contributed by atoms with van der Waals surface area (Å²) in [5.74, 6) is -1.34. The van der Waals surface area contributed by atoms with Gasteiger partial charge < -0.3 is 9.64 Å². The highest BCUT2D eigenvalue weighted by Gasteiger charge is 2.35. The summed E-state index contributed by atoms with van der Waals surface area (Å²) in [7, 11) is 1.32. The zero-order valence-electron chi connectivity index (χ0n) is 16.9. The van der Waals surface area contributed by atoms with Crippen molar-refractivity contribution in [3.05, 3.63) is 35.4 Å². The second-order valence-electron chi connectivity index (χ2n) is 7.50. The highest BCUT2D eigenvalue weighted by atomic mass is 16.5. The molecule has 7 nitrogen and oxygen atoms in total. The summed E-state index contributed by atoms with van der Waals surface area (Å²) < 4.78 is 4.75. The second kappa shape index (κ2) is 9.48. The first-order valence-electron chi connectivity index (χ1n) is 9.57. The van der Waals surface area contributed by atoms with Crippen LogP contribution in [0.2, 0.25) is 0 Å². The lowest BCUT2D eigenvalue weighted by Gasteiger charge is -2.26. The summed E-state index contributed by atoms with van der Waals surface area (Å²) in [4.78, 5) is 52.1. The van der Waals surface area contributed by atoms with Crippen LogP contribution in [0, 0.1) is 11.8 Å². The van der Waals surface area contributed by atoms with Crippen molar-refractivity contribution in [2.75, 3.05) is 26.7 Å². The van der Waals surface area contributed by atoms with Gasteiger partial charge in [-0.15, -0.1) is 0 Å². The van der Waals surface area contributed by atoms with E-state index in [2.05, 4.69) is 13.8 Å². The van der Waals surface area contributed by atoms with Gasteiger partial charge in [0.15, 0.2) is 0 Å². The molecule has 0 saturated carbocycles. The van der Waals surface area contributed by atoms with Crippen LogP contribution in [0.25, 0.3) is 0 Å². The summed E-state index contributed by atoms with van der Waals surface area (Å²) in [5, 5.41) is 0. The Morgan fingerprint density at radius 3 is 2.14 bits per heavy atom. The number of imide groups is 1. The van der Waals surface area contributed by atoms with Crippen LogP contribution in [0.4, 0.5) is 0 Å². The SMILES string of the molecule is COC(=O)C(C)CN(CCC(C)C)C(=O)CCN1C(=O)c2ccccc2C1=O. The second-order valence-corrected chi connectivity index (χ2v) is 7.50. The molecule has 0 spiro atoms. The Morgan fingerprint density at radius 2 is 1.64 bits per heavy atom. The lowest BCUT2D eigenvalue weighted by atomic mass is 10.1. The Hall–Kier alpha value is -2.70. The molecule has 2 rings (SSSR count). The summed E-state index contributed by atoms with van der Waals surface area (Å²) >= 11 is 0. The van der Waals surface area contributed by atoms with Crippen molar-refractivity contribution in [3.8, 4) is 0 Å². The highest BCUT2D eigenvalue weighted by molar-refractivity contribution is 6.21. The van der Waals surface area contributed by atoms with Crippen LogP contribution in [-0.4, -0.2) is 60.2 Å². The van der Waals surface area contributed by atoms with Gasteiger partial charge in [0.25, 0.3) is 11.8 Å². The largest absolute Gasteiger partial charge is 0.469 e. The molecular weight excluding hydrogens is 360 g/mol. The quantitative estimate of drug-likeness (QED) is 0.479. The van der Waals surface area contributed by atoms with E-state index in [1.165, 1.54) is 7.11 Å². The molecule has 7 heteroatoms. The molecule has 3 amide bonds. The van der Waals surface area contributed by atoms with Crippen molar-refractivity contribution in [1.82, 2.24) is 9.80 Å². The third-order valence-corrected chi connectivity index (χ3v) is 4.85. The number of esters is 1. The van der Waals surface area contributed by atoms with Crippen molar-refractivity contribution >= 4 is 23.7 Å². The molecular formula is C21H28N2O5. The Balaban J connectivity index is 2.01. The molecule has 0 N–H and O–H groups in total. The number of fused-ring (bicyclic) bond motifs is 1. The molecule has 0 radical (unpaired) electrons. The number of methoxy groups -OCH3 is 1. The molecule has 1 aliphatic heterocycles. The van der Waals surface area contributed by atoms with Gasteiger partial charge in [0.1, 0.15) is 0 Å². The molecule has 0 aromatic heterocycles. The van der Waals surface area contributed by atoms with E-state index in [0.717, 1.165) is 11.3 Å². The topological polar surface area (TPSA) is 84.0 Å². The maximum atomic E-state index is 12.8. The van der Waals surface area contributed by atoms with Crippen LogP contribution in [0.15, 0.2) is 24.3 Å². The van der Waals surface area contributed by atoms with E-state index < -0.39 is 5.92 Å². The number of carbonyl (C=O) groups is 4. The Kier molecular flexibility index (Phi) is 7.31. The lowest BCUT2D eigenvalue weighted by Crippen LogP contribution is -2.40. The van der Waals surface area contributed by atoms with E-state index in [1.807, 2.05) is 0 Å². The Labute approximate surface area is 165 Å². The summed E-state index contributed by atoms with van der Waals surface area (Å²) in [6.07, 6.45) is 0.824. The van der Waals surface area contributed by atoms with Gasteiger partial charge in [-0.3, -0.25) is 24.1 Å². The first-order chi connectivity index (χ1) is 13.3. The van der Waals surface area contributed by atoms with Crippen LogP contribution < -0.4 is 0 Å². The van der Waals surface area contributed by atoms with Crippen molar-refractivity contribution < 1.29 is 23.9 Å². The van der Waals surface area contributed by atoms with Gasteiger partial charge in [0, 0.05) is 26.1 Å². The molecule has 1 atom stereocenters. The minimum absolute atomic E-state index is 0.0238. The zero-order valence-corrected chi connectivity index (χ0v) is 16.9. The number of rotatable bonds is 9. The number of hydrogen-bond acceptors (Lipinski definition) is 5. The van der Waals surface area contributed by atoms with E-state index in [4.69, 9.17) is 4.74 Å². The number of ether oxygens (including phenoxy) is 1. The van der Waals surface area contributed by atoms with Gasteiger partial charge in [0.05, 0.1) is 24.2 Å². The predicted octanol–water partition coefficient (Wildman–Crippen LogP) is 2.36. The minimum atomic E-state index is -0.444. The number of hydrogen-bond donors (Lipinski definition) is 0. The van der Waals surface area contributed by atoms with Gasteiger partial charge in [-0.1, -0.05) is 32.9 Å². The van der Waals surface area contributed by atoms with Crippen LogP contribution in [0.3, 0.4) is 0 Å². The standard InChI is InChI=1S/C21H28N2O5/c1-14(2)9-11-22(13-15(3)21(27)28-4)18(24)10-12-23-19(25)16-7-5-6-8-17(16)20(23)26/h5-8,14-15H,9-13H2,1-4H3. The zero-order chi connectivity index (χ0) is 20.8. The van der Waals surface area contributed by atoms with Crippen LogP contribution in [-0.2, 0) is 14.3 Å². The molecule has 1 aromatic rings.